The van der Waals surface area contributed by atoms with Crippen molar-refractivity contribution in [2.24, 2.45) is 0 Å². The van der Waals surface area contributed by atoms with Gasteiger partial charge in [-0.1, -0.05) is 0 Å². The average Bonchev–Trinajstić information content (AvgIpc) is 2.16. The summed E-state index contributed by atoms with van der Waals surface area (Å²) in [4.78, 5) is 17.9. The molecule has 88 valence electrons. The van der Waals surface area contributed by atoms with E-state index in [1.807, 2.05) is 5.48 Å². The number of aliphatic carboxylic acids is 1. The lowest BCUT2D eigenvalue weighted by atomic mass is 10.2. The first-order valence-electron chi connectivity index (χ1n) is 4.02. The van der Waals surface area contributed by atoms with Crippen LogP contribution in [0.15, 0.2) is 18.3 Å². The third-order valence-corrected chi connectivity index (χ3v) is 1.46. The Morgan fingerprint density at radius 1 is 1.56 bits per heavy atom. The number of rotatable bonds is 4. The summed E-state index contributed by atoms with van der Waals surface area (Å²) in [6.07, 6.45) is -3.54. The molecule has 0 bridgehead atoms. The molecule has 0 aliphatic heterocycles. The van der Waals surface area contributed by atoms with Gasteiger partial charge in [-0.15, -0.1) is 0 Å². The highest BCUT2D eigenvalue weighted by Gasteiger charge is 2.30. The predicted molar refractivity (Wildman–Crippen MR) is 46.4 cm³/mol. The van der Waals surface area contributed by atoms with Crippen molar-refractivity contribution < 1.29 is 27.9 Å². The fraction of sp³-hybridized carbons (Fsp3) is 0.250. The second kappa shape index (κ2) is 4.79. The number of hydrogen-bond donors (Lipinski definition) is 2. The zero-order chi connectivity index (χ0) is 12.2. The topological polar surface area (TPSA) is 71.5 Å². The Morgan fingerprint density at radius 2 is 2.25 bits per heavy atom. The standard InChI is InChI=1S/C8H7F3N2O3/c9-8(10,11)5-1-2-12-6(3-5)13-16-4-7(14)15/h1-3H,4H2,(H,12,13)(H,14,15). The quantitative estimate of drug-likeness (QED) is 0.775. The predicted octanol–water partition coefficient (Wildman–Crippen LogP) is 1.53. The Morgan fingerprint density at radius 3 is 2.81 bits per heavy atom. The van der Waals surface area contributed by atoms with Crippen molar-refractivity contribution in [2.75, 3.05) is 12.1 Å². The van der Waals surface area contributed by atoms with Gasteiger partial charge in [-0.25, -0.2) is 15.3 Å². The molecule has 1 aromatic rings. The maximum atomic E-state index is 12.2. The van der Waals surface area contributed by atoms with Crippen molar-refractivity contribution in [2.45, 2.75) is 6.18 Å². The maximum Gasteiger partial charge on any atom is 0.416 e. The van der Waals surface area contributed by atoms with Crippen LogP contribution in [0.5, 0.6) is 0 Å². The second-order valence-corrected chi connectivity index (χ2v) is 2.71. The molecule has 0 amide bonds. The van der Waals surface area contributed by atoms with Crippen molar-refractivity contribution >= 4 is 11.8 Å². The third-order valence-electron chi connectivity index (χ3n) is 1.46. The van der Waals surface area contributed by atoms with E-state index in [-0.39, 0.29) is 5.82 Å². The number of carboxylic acid groups (broad SMARTS) is 1. The summed E-state index contributed by atoms with van der Waals surface area (Å²) in [7, 11) is 0. The molecule has 0 aliphatic rings. The van der Waals surface area contributed by atoms with Crippen LogP contribution in [0, 0.1) is 0 Å². The highest BCUT2D eigenvalue weighted by molar-refractivity contribution is 5.68. The first-order chi connectivity index (χ1) is 7.39. The molecular formula is C8H7F3N2O3. The number of alkyl halides is 3. The first kappa shape index (κ1) is 12.2. The van der Waals surface area contributed by atoms with E-state index in [1.165, 1.54) is 0 Å². The number of pyridine rings is 1. The number of carbonyl (C=O) groups is 1. The Labute approximate surface area is 87.8 Å². The van der Waals surface area contributed by atoms with E-state index in [1.54, 1.807) is 0 Å². The van der Waals surface area contributed by atoms with Crippen molar-refractivity contribution in [3.8, 4) is 0 Å². The van der Waals surface area contributed by atoms with E-state index in [4.69, 9.17) is 5.11 Å². The van der Waals surface area contributed by atoms with Crippen LogP contribution < -0.4 is 5.48 Å². The maximum absolute atomic E-state index is 12.2. The largest absolute Gasteiger partial charge is 0.479 e. The summed E-state index contributed by atoms with van der Waals surface area (Å²) in [5, 5.41) is 8.21. The van der Waals surface area contributed by atoms with Gasteiger partial charge in [0.2, 0.25) is 0 Å². The van der Waals surface area contributed by atoms with E-state index < -0.39 is 24.3 Å². The molecule has 8 heteroatoms. The molecule has 1 rings (SSSR count). The Hall–Kier alpha value is -1.83. The van der Waals surface area contributed by atoms with E-state index in [0.29, 0.717) is 6.07 Å². The number of halogens is 3. The van der Waals surface area contributed by atoms with Crippen LogP contribution in [-0.4, -0.2) is 22.7 Å². The van der Waals surface area contributed by atoms with Gasteiger partial charge in [0.15, 0.2) is 6.61 Å². The fourth-order valence-corrected chi connectivity index (χ4v) is 0.834. The van der Waals surface area contributed by atoms with Gasteiger partial charge in [0, 0.05) is 6.20 Å². The third kappa shape index (κ3) is 3.73. The van der Waals surface area contributed by atoms with Crippen LogP contribution >= 0.6 is 0 Å². The average molecular weight is 236 g/mol. The zero-order valence-corrected chi connectivity index (χ0v) is 7.78. The van der Waals surface area contributed by atoms with Crippen molar-refractivity contribution in [3.05, 3.63) is 23.9 Å². The van der Waals surface area contributed by atoms with Crippen molar-refractivity contribution in [3.63, 3.8) is 0 Å². The molecule has 1 aromatic heterocycles. The van der Waals surface area contributed by atoms with Gasteiger partial charge in [-0.3, -0.25) is 4.84 Å². The minimum atomic E-state index is -4.48. The minimum Gasteiger partial charge on any atom is -0.479 e. The van der Waals surface area contributed by atoms with Crippen molar-refractivity contribution in [1.82, 2.24) is 4.98 Å². The molecule has 5 nitrogen and oxygen atoms in total. The van der Waals surface area contributed by atoms with E-state index in [2.05, 4.69) is 9.82 Å². The summed E-state index contributed by atoms with van der Waals surface area (Å²) in [6.45, 7) is -0.683. The van der Waals surface area contributed by atoms with Gasteiger partial charge in [0.25, 0.3) is 0 Å². The molecule has 1 heterocycles. The number of aromatic nitrogens is 1. The molecule has 2 N–H and O–H groups in total. The summed E-state index contributed by atoms with van der Waals surface area (Å²) in [5.41, 5.74) is 1.10. The van der Waals surface area contributed by atoms with Crippen LogP contribution in [0.1, 0.15) is 5.56 Å². The van der Waals surface area contributed by atoms with Gasteiger partial charge in [-0.2, -0.15) is 13.2 Å². The molecule has 0 aromatic carbocycles. The van der Waals surface area contributed by atoms with E-state index in [0.717, 1.165) is 12.3 Å². The molecule has 0 radical (unpaired) electrons. The van der Waals surface area contributed by atoms with Crippen LogP contribution in [0.3, 0.4) is 0 Å². The molecule has 0 saturated carbocycles. The molecule has 16 heavy (non-hydrogen) atoms. The Balaban J connectivity index is 2.64. The first-order valence-corrected chi connectivity index (χ1v) is 4.02. The van der Waals surface area contributed by atoms with Gasteiger partial charge in [0.1, 0.15) is 5.82 Å². The monoisotopic (exact) mass is 236 g/mol. The number of nitrogens with one attached hydrogen (secondary N) is 1. The summed E-state index contributed by atoms with van der Waals surface area (Å²) >= 11 is 0. The molecule has 0 aliphatic carbocycles. The lowest BCUT2D eigenvalue weighted by Gasteiger charge is -2.08. The zero-order valence-electron chi connectivity index (χ0n) is 7.78. The number of carboxylic acids is 1. The number of anilines is 1. The van der Waals surface area contributed by atoms with Crippen LogP contribution in [-0.2, 0) is 15.8 Å². The van der Waals surface area contributed by atoms with Gasteiger partial charge in [0.05, 0.1) is 5.56 Å². The second-order valence-electron chi connectivity index (χ2n) is 2.71. The lowest BCUT2D eigenvalue weighted by Crippen LogP contribution is -2.13. The minimum absolute atomic E-state index is 0.212. The normalized spacial score (nSPS) is 11.2. The number of hydrogen-bond acceptors (Lipinski definition) is 4. The van der Waals surface area contributed by atoms with Gasteiger partial charge < -0.3 is 5.11 Å². The summed E-state index contributed by atoms with van der Waals surface area (Å²) in [6, 6.07) is 1.50. The van der Waals surface area contributed by atoms with Gasteiger partial charge in [-0.05, 0) is 12.1 Å². The molecule has 0 spiro atoms. The van der Waals surface area contributed by atoms with Crippen LogP contribution in [0.4, 0.5) is 19.0 Å². The summed E-state index contributed by atoms with van der Waals surface area (Å²) in [5.74, 6) is -1.46. The lowest BCUT2D eigenvalue weighted by molar-refractivity contribution is -0.141. The molecule has 0 atom stereocenters. The molecule has 0 fully saturated rings. The van der Waals surface area contributed by atoms with Gasteiger partial charge >= 0.3 is 12.1 Å². The van der Waals surface area contributed by atoms with E-state index >= 15 is 0 Å². The fourth-order valence-electron chi connectivity index (χ4n) is 0.834. The van der Waals surface area contributed by atoms with Crippen LogP contribution in [0.2, 0.25) is 0 Å². The SMILES string of the molecule is O=C(O)CONc1cc(C(F)(F)F)ccn1. The molecule has 0 unspecified atom stereocenters. The highest BCUT2D eigenvalue weighted by atomic mass is 19.4. The van der Waals surface area contributed by atoms with Crippen LogP contribution in [0.25, 0.3) is 0 Å². The molecular weight excluding hydrogens is 229 g/mol. The number of nitrogens with zero attached hydrogens (tertiary/aromatic N) is 1. The highest BCUT2D eigenvalue weighted by Crippen LogP contribution is 2.29. The Bertz CT molecular complexity index is 381. The summed E-state index contributed by atoms with van der Waals surface area (Å²) < 4.78 is 36.7. The molecule has 0 saturated heterocycles. The van der Waals surface area contributed by atoms with E-state index in [9.17, 15) is 18.0 Å². The van der Waals surface area contributed by atoms with Crippen molar-refractivity contribution in [1.29, 1.82) is 0 Å². The Kier molecular flexibility index (Phi) is 3.67. The smallest absolute Gasteiger partial charge is 0.416 e.